The molecule has 1 rings (SSSR count). The molecule has 0 saturated heterocycles. The summed E-state index contributed by atoms with van der Waals surface area (Å²) in [6.07, 6.45) is 1.19. The zero-order valence-corrected chi connectivity index (χ0v) is 7.45. The predicted octanol–water partition coefficient (Wildman–Crippen LogP) is -0.468. The Hall–Kier alpha value is -1.76. The van der Waals surface area contributed by atoms with E-state index in [0.717, 1.165) is 17.0 Å². The van der Waals surface area contributed by atoms with Gasteiger partial charge in [-0.05, 0) is 6.92 Å². The fourth-order valence-corrected chi connectivity index (χ4v) is 0.953. The van der Waals surface area contributed by atoms with Crippen molar-refractivity contribution in [3.63, 3.8) is 0 Å². The standard InChI is InChI=1S/C7H9N3O4/c1-5(11)3-9-4-6(10(13)14)2-8-7(9)12/h2,4-5,11H,3H2,1H3. The Labute approximate surface area is 78.8 Å². The normalized spacial score (nSPS) is 12.4. The van der Waals surface area contributed by atoms with E-state index in [0.29, 0.717) is 0 Å². The van der Waals surface area contributed by atoms with Crippen molar-refractivity contribution in [2.24, 2.45) is 0 Å². The van der Waals surface area contributed by atoms with Gasteiger partial charge in [-0.15, -0.1) is 0 Å². The molecule has 7 heteroatoms. The highest BCUT2D eigenvalue weighted by atomic mass is 16.6. The van der Waals surface area contributed by atoms with Crippen LogP contribution in [-0.2, 0) is 6.54 Å². The molecule has 0 aliphatic rings. The first-order valence-corrected chi connectivity index (χ1v) is 3.89. The van der Waals surface area contributed by atoms with Crippen molar-refractivity contribution in [1.29, 1.82) is 0 Å². The van der Waals surface area contributed by atoms with E-state index in [9.17, 15) is 14.9 Å². The van der Waals surface area contributed by atoms with Gasteiger partial charge in [0, 0.05) is 0 Å². The van der Waals surface area contributed by atoms with Gasteiger partial charge in [0.25, 0.3) is 0 Å². The third-order valence-corrected chi connectivity index (χ3v) is 1.51. The number of rotatable bonds is 3. The van der Waals surface area contributed by atoms with Gasteiger partial charge in [0.2, 0.25) is 0 Å². The van der Waals surface area contributed by atoms with Gasteiger partial charge in [-0.1, -0.05) is 0 Å². The Bertz CT molecular complexity index is 398. The summed E-state index contributed by atoms with van der Waals surface area (Å²) in [6, 6.07) is 0. The van der Waals surface area contributed by atoms with Crippen molar-refractivity contribution in [3.8, 4) is 0 Å². The lowest BCUT2D eigenvalue weighted by atomic mass is 10.4. The molecule has 0 amide bonds. The summed E-state index contributed by atoms with van der Waals surface area (Å²) in [4.78, 5) is 24.0. The monoisotopic (exact) mass is 199 g/mol. The second kappa shape index (κ2) is 3.97. The third kappa shape index (κ3) is 2.36. The molecule has 1 heterocycles. The van der Waals surface area contributed by atoms with Crippen molar-refractivity contribution in [3.05, 3.63) is 33.0 Å². The molecule has 0 fully saturated rings. The fourth-order valence-electron chi connectivity index (χ4n) is 0.953. The van der Waals surface area contributed by atoms with E-state index < -0.39 is 16.7 Å². The number of aliphatic hydroxyl groups excluding tert-OH is 1. The number of aliphatic hydroxyl groups is 1. The zero-order valence-electron chi connectivity index (χ0n) is 7.45. The van der Waals surface area contributed by atoms with E-state index in [-0.39, 0.29) is 12.2 Å². The fraction of sp³-hybridized carbons (Fsp3) is 0.429. The summed E-state index contributed by atoms with van der Waals surface area (Å²) in [6.45, 7) is 1.47. The Balaban J connectivity index is 3.08. The zero-order chi connectivity index (χ0) is 10.7. The molecule has 0 saturated carbocycles. The molecule has 0 aliphatic carbocycles. The van der Waals surface area contributed by atoms with Crippen molar-refractivity contribution >= 4 is 5.69 Å². The minimum absolute atomic E-state index is 0.00644. The lowest BCUT2D eigenvalue weighted by Gasteiger charge is -2.05. The van der Waals surface area contributed by atoms with Crippen molar-refractivity contribution < 1.29 is 10.0 Å². The largest absolute Gasteiger partial charge is 0.392 e. The summed E-state index contributed by atoms with van der Waals surface area (Å²) in [5.74, 6) is 0. The SMILES string of the molecule is CC(O)Cn1cc([N+](=O)[O-])cnc1=O. The molecule has 1 atom stereocenters. The second-order valence-electron chi connectivity index (χ2n) is 2.85. The molecular formula is C7H9N3O4. The van der Waals surface area contributed by atoms with Crippen LogP contribution >= 0.6 is 0 Å². The predicted molar refractivity (Wildman–Crippen MR) is 46.8 cm³/mol. The molecule has 14 heavy (non-hydrogen) atoms. The Kier molecular flexibility index (Phi) is 2.92. The quantitative estimate of drug-likeness (QED) is 0.524. The highest BCUT2D eigenvalue weighted by Crippen LogP contribution is 2.04. The van der Waals surface area contributed by atoms with E-state index in [1.165, 1.54) is 6.92 Å². The first-order chi connectivity index (χ1) is 6.50. The second-order valence-corrected chi connectivity index (χ2v) is 2.85. The van der Waals surface area contributed by atoms with E-state index in [2.05, 4.69) is 4.98 Å². The minimum Gasteiger partial charge on any atom is -0.392 e. The molecule has 1 N–H and O–H groups in total. The summed E-state index contributed by atoms with van der Waals surface area (Å²) in [5, 5.41) is 19.3. The highest BCUT2D eigenvalue weighted by molar-refractivity contribution is 5.20. The van der Waals surface area contributed by atoms with Crippen molar-refractivity contribution in [2.75, 3.05) is 0 Å². The molecule has 7 nitrogen and oxygen atoms in total. The molecule has 1 unspecified atom stereocenters. The molecular weight excluding hydrogens is 190 g/mol. The third-order valence-electron chi connectivity index (χ3n) is 1.51. The molecule has 0 radical (unpaired) electrons. The van der Waals surface area contributed by atoms with Crippen LogP contribution < -0.4 is 5.69 Å². The van der Waals surface area contributed by atoms with Crippen LogP contribution in [0.15, 0.2) is 17.2 Å². The van der Waals surface area contributed by atoms with Crippen LogP contribution in [0.1, 0.15) is 6.92 Å². The van der Waals surface area contributed by atoms with Crippen LogP contribution in [0.2, 0.25) is 0 Å². The summed E-state index contributed by atoms with van der Waals surface area (Å²) in [5.41, 5.74) is -0.887. The molecule has 1 aromatic rings. The van der Waals surface area contributed by atoms with Crippen LogP contribution in [0.5, 0.6) is 0 Å². The van der Waals surface area contributed by atoms with Gasteiger partial charge in [-0.25, -0.2) is 4.79 Å². The summed E-state index contributed by atoms with van der Waals surface area (Å²) >= 11 is 0. The van der Waals surface area contributed by atoms with Gasteiger partial charge in [-0.2, -0.15) is 4.98 Å². The molecule has 0 aliphatic heterocycles. The van der Waals surface area contributed by atoms with Gasteiger partial charge < -0.3 is 5.11 Å². The lowest BCUT2D eigenvalue weighted by Crippen LogP contribution is -2.26. The number of hydrogen-bond donors (Lipinski definition) is 1. The number of aromatic nitrogens is 2. The average molecular weight is 199 g/mol. The number of nitrogens with zero attached hydrogens (tertiary/aromatic N) is 3. The van der Waals surface area contributed by atoms with Crippen molar-refractivity contribution in [1.82, 2.24) is 9.55 Å². The smallest absolute Gasteiger partial charge is 0.348 e. The lowest BCUT2D eigenvalue weighted by molar-refractivity contribution is -0.385. The van der Waals surface area contributed by atoms with Crippen molar-refractivity contribution in [2.45, 2.75) is 19.6 Å². The van der Waals surface area contributed by atoms with Crippen LogP contribution in [0.4, 0.5) is 5.69 Å². The Morgan fingerprint density at radius 1 is 1.79 bits per heavy atom. The molecule has 76 valence electrons. The van der Waals surface area contributed by atoms with Gasteiger partial charge in [0.1, 0.15) is 6.20 Å². The number of hydrogen-bond acceptors (Lipinski definition) is 5. The maximum atomic E-state index is 11.0. The van der Waals surface area contributed by atoms with Crippen LogP contribution in [-0.4, -0.2) is 25.7 Å². The average Bonchev–Trinajstić information content (AvgIpc) is 2.07. The molecule has 0 aromatic carbocycles. The highest BCUT2D eigenvalue weighted by Gasteiger charge is 2.09. The first kappa shape index (κ1) is 10.3. The summed E-state index contributed by atoms with van der Waals surface area (Å²) in [7, 11) is 0. The van der Waals surface area contributed by atoms with Gasteiger partial charge in [0.15, 0.2) is 0 Å². The van der Waals surface area contributed by atoms with Gasteiger partial charge in [0.05, 0.1) is 23.8 Å². The Morgan fingerprint density at radius 3 is 2.93 bits per heavy atom. The topological polar surface area (TPSA) is 98.3 Å². The van der Waals surface area contributed by atoms with E-state index in [1.807, 2.05) is 0 Å². The van der Waals surface area contributed by atoms with E-state index in [1.54, 1.807) is 0 Å². The van der Waals surface area contributed by atoms with Crippen LogP contribution in [0, 0.1) is 10.1 Å². The summed E-state index contributed by atoms with van der Waals surface area (Å²) < 4.78 is 1.00. The minimum atomic E-state index is -0.753. The molecule has 0 bridgehead atoms. The number of nitro groups is 1. The van der Waals surface area contributed by atoms with Crippen LogP contribution in [0.3, 0.4) is 0 Å². The maximum Gasteiger partial charge on any atom is 0.348 e. The molecule has 0 spiro atoms. The molecule has 1 aromatic heterocycles. The van der Waals surface area contributed by atoms with E-state index >= 15 is 0 Å². The maximum absolute atomic E-state index is 11.0. The van der Waals surface area contributed by atoms with Gasteiger partial charge >= 0.3 is 11.4 Å². The van der Waals surface area contributed by atoms with Gasteiger partial charge in [-0.3, -0.25) is 14.7 Å². The van der Waals surface area contributed by atoms with Crippen LogP contribution in [0.25, 0.3) is 0 Å². The van der Waals surface area contributed by atoms with E-state index in [4.69, 9.17) is 5.11 Å². The Morgan fingerprint density at radius 2 is 2.43 bits per heavy atom. The first-order valence-electron chi connectivity index (χ1n) is 3.89.